The van der Waals surface area contributed by atoms with Gasteiger partial charge in [0.25, 0.3) is 5.91 Å². The van der Waals surface area contributed by atoms with Crippen LogP contribution in [0.5, 0.6) is 0 Å². The van der Waals surface area contributed by atoms with E-state index in [0.29, 0.717) is 17.4 Å². The van der Waals surface area contributed by atoms with E-state index in [2.05, 4.69) is 35.5 Å². The van der Waals surface area contributed by atoms with Gasteiger partial charge < -0.3 is 15.5 Å². The molecule has 1 unspecified atom stereocenters. The molecule has 0 aliphatic carbocycles. The van der Waals surface area contributed by atoms with E-state index in [0.717, 1.165) is 41.6 Å². The normalized spacial score (nSPS) is 16.1. The number of nitrogens with zero attached hydrogens (tertiary/aromatic N) is 5. The molecule has 1 aliphatic heterocycles. The van der Waals surface area contributed by atoms with Gasteiger partial charge in [0.2, 0.25) is 5.95 Å². The molecule has 0 radical (unpaired) electrons. The quantitative estimate of drug-likeness (QED) is 0.646. The highest BCUT2D eigenvalue weighted by Crippen LogP contribution is 2.24. The molecule has 1 aliphatic rings. The van der Waals surface area contributed by atoms with Crippen LogP contribution in [0.4, 0.5) is 11.1 Å². The molecule has 3 aromatic heterocycles. The predicted octanol–water partition coefficient (Wildman–Crippen LogP) is 2.74. The van der Waals surface area contributed by atoms with Gasteiger partial charge in [-0.05, 0) is 38.5 Å². The lowest BCUT2D eigenvalue weighted by molar-refractivity contribution is 0.0943. The van der Waals surface area contributed by atoms with Gasteiger partial charge in [-0.15, -0.1) is 0 Å². The number of aryl methyl sites for hydroxylation is 1. The Balaban J connectivity index is 1.41. The van der Waals surface area contributed by atoms with Gasteiger partial charge in [0.15, 0.2) is 5.13 Å². The van der Waals surface area contributed by atoms with Crippen LogP contribution < -0.4 is 15.5 Å². The van der Waals surface area contributed by atoms with Gasteiger partial charge in [0, 0.05) is 49.8 Å². The number of rotatable bonds is 6. The average molecular weight is 410 g/mol. The largest absolute Gasteiger partial charge is 0.362 e. The van der Waals surface area contributed by atoms with Crippen molar-refractivity contribution < 1.29 is 4.79 Å². The Labute approximate surface area is 173 Å². The lowest BCUT2D eigenvalue weighted by atomic mass is 10.2. The molecule has 1 saturated heterocycles. The van der Waals surface area contributed by atoms with Crippen LogP contribution >= 0.6 is 11.3 Å². The van der Waals surface area contributed by atoms with E-state index in [1.807, 2.05) is 32.0 Å². The van der Waals surface area contributed by atoms with Gasteiger partial charge in [-0.1, -0.05) is 11.3 Å². The third-order valence-electron chi connectivity index (χ3n) is 4.74. The maximum atomic E-state index is 12.7. The highest BCUT2D eigenvalue weighted by Gasteiger charge is 2.27. The van der Waals surface area contributed by atoms with Crippen molar-refractivity contribution in [2.24, 2.45) is 0 Å². The first kappa shape index (κ1) is 19.3. The molecule has 4 rings (SSSR count). The fraction of sp³-hybridized carbons (Fsp3) is 0.350. The predicted molar refractivity (Wildman–Crippen MR) is 114 cm³/mol. The number of carbonyl (C=O) groups excluding carboxylic acids is 1. The van der Waals surface area contributed by atoms with E-state index >= 15 is 0 Å². The molecule has 2 N–H and O–H groups in total. The lowest BCUT2D eigenvalue weighted by Crippen LogP contribution is -2.37. The summed E-state index contributed by atoms with van der Waals surface area (Å²) in [5.74, 6) is 0.604. The summed E-state index contributed by atoms with van der Waals surface area (Å²) in [7, 11) is 0. The van der Waals surface area contributed by atoms with Gasteiger partial charge in [0.05, 0.1) is 11.4 Å². The Hall–Kier alpha value is -3.07. The van der Waals surface area contributed by atoms with Crippen molar-refractivity contribution >= 4 is 28.3 Å². The Morgan fingerprint density at radius 1 is 1.31 bits per heavy atom. The van der Waals surface area contributed by atoms with Gasteiger partial charge in [-0.25, -0.2) is 15.0 Å². The number of amides is 1. The standard InChI is InChI=1S/C20H23N7OS/c1-3-22-20-24-13(2)17(29-20)18(28)25-15-7-10-27(12-15)19-23-9-6-16(26-19)14-5-4-8-21-11-14/h4-6,8-9,11,15H,3,7,10,12H2,1-2H3,(H,22,24)(H,25,28). The van der Waals surface area contributed by atoms with E-state index in [-0.39, 0.29) is 11.9 Å². The van der Waals surface area contributed by atoms with Crippen LogP contribution in [0.2, 0.25) is 0 Å². The maximum absolute atomic E-state index is 12.7. The number of hydrogen-bond donors (Lipinski definition) is 2. The third kappa shape index (κ3) is 4.34. The Morgan fingerprint density at radius 3 is 3.00 bits per heavy atom. The van der Waals surface area contributed by atoms with Crippen LogP contribution in [0.3, 0.4) is 0 Å². The minimum Gasteiger partial charge on any atom is -0.362 e. The SMILES string of the molecule is CCNc1nc(C)c(C(=O)NC2CCN(c3nccc(-c4cccnc4)n3)C2)s1. The van der Waals surface area contributed by atoms with E-state index < -0.39 is 0 Å². The molecule has 9 heteroatoms. The number of carbonyl (C=O) groups is 1. The molecule has 1 atom stereocenters. The molecule has 0 bridgehead atoms. The highest BCUT2D eigenvalue weighted by atomic mass is 32.1. The summed E-state index contributed by atoms with van der Waals surface area (Å²) in [4.78, 5) is 33.1. The van der Waals surface area contributed by atoms with Crippen molar-refractivity contribution in [2.75, 3.05) is 29.9 Å². The molecule has 8 nitrogen and oxygen atoms in total. The first-order valence-corrected chi connectivity index (χ1v) is 10.5. The zero-order chi connectivity index (χ0) is 20.2. The highest BCUT2D eigenvalue weighted by molar-refractivity contribution is 7.17. The molecule has 1 fully saturated rings. The molecule has 150 valence electrons. The summed E-state index contributed by atoms with van der Waals surface area (Å²) in [6.07, 6.45) is 6.15. The molecule has 0 spiro atoms. The number of pyridine rings is 1. The van der Waals surface area contributed by atoms with Crippen molar-refractivity contribution in [3.05, 3.63) is 47.4 Å². The first-order chi connectivity index (χ1) is 14.1. The summed E-state index contributed by atoms with van der Waals surface area (Å²) in [5.41, 5.74) is 2.55. The van der Waals surface area contributed by atoms with Crippen molar-refractivity contribution in [2.45, 2.75) is 26.3 Å². The Bertz CT molecular complexity index is 992. The third-order valence-corrected chi connectivity index (χ3v) is 5.85. The average Bonchev–Trinajstić information content (AvgIpc) is 3.35. The minimum absolute atomic E-state index is 0.0530. The number of anilines is 2. The second-order valence-electron chi connectivity index (χ2n) is 6.85. The van der Waals surface area contributed by atoms with Gasteiger partial charge in [0.1, 0.15) is 4.88 Å². The maximum Gasteiger partial charge on any atom is 0.263 e. The number of nitrogens with one attached hydrogen (secondary N) is 2. The fourth-order valence-electron chi connectivity index (χ4n) is 3.32. The van der Waals surface area contributed by atoms with Gasteiger partial charge in [-0.3, -0.25) is 9.78 Å². The number of aromatic nitrogens is 4. The molecular weight excluding hydrogens is 386 g/mol. The molecule has 4 heterocycles. The van der Waals surface area contributed by atoms with Crippen molar-refractivity contribution in [1.29, 1.82) is 0 Å². The zero-order valence-corrected chi connectivity index (χ0v) is 17.2. The van der Waals surface area contributed by atoms with Crippen molar-refractivity contribution in [1.82, 2.24) is 25.3 Å². The Morgan fingerprint density at radius 2 is 2.21 bits per heavy atom. The van der Waals surface area contributed by atoms with E-state index in [1.54, 1.807) is 18.6 Å². The van der Waals surface area contributed by atoms with Crippen molar-refractivity contribution in [3.63, 3.8) is 0 Å². The van der Waals surface area contributed by atoms with Crippen LogP contribution in [0.25, 0.3) is 11.3 Å². The number of hydrogen-bond acceptors (Lipinski definition) is 8. The Kier molecular flexibility index (Phi) is 5.66. The number of thiazole rings is 1. The zero-order valence-electron chi connectivity index (χ0n) is 16.4. The summed E-state index contributed by atoms with van der Waals surface area (Å²) < 4.78 is 0. The molecule has 0 aromatic carbocycles. The first-order valence-electron chi connectivity index (χ1n) is 9.64. The topological polar surface area (TPSA) is 95.9 Å². The van der Waals surface area contributed by atoms with Crippen LogP contribution in [0.15, 0.2) is 36.8 Å². The van der Waals surface area contributed by atoms with Crippen LogP contribution in [-0.4, -0.2) is 51.5 Å². The van der Waals surface area contributed by atoms with Crippen LogP contribution in [0, 0.1) is 6.92 Å². The van der Waals surface area contributed by atoms with Crippen LogP contribution in [-0.2, 0) is 0 Å². The van der Waals surface area contributed by atoms with Gasteiger partial charge >= 0.3 is 0 Å². The molecule has 1 amide bonds. The fourth-order valence-corrected chi connectivity index (χ4v) is 4.26. The second-order valence-corrected chi connectivity index (χ2v) is 7.85. The van der Waals surface area contributed by atoms with E-state index in [9.17, 15) is 4.79 Å². The molecule has 29 heavy (non-hydrogen) atoms. The minimum atomic E-state index is -0.0685. The summed E-state index contributed by atoms with van der Waals surface area (Å²) in [6.45, 7) is 6.13. The summed E-state index contributed by atoms with van der Waals surface area (Å²) in [6, 6.07) is 5.80. The van der Waals surface area contributed by atoms with E-state index in [1.165, 1.54) is 11.3 Å². The summed E-state index contributed by atoms with van der Waals surface area (Å²) >= 11 is 1.39. The monoisotopic (exact) mass is 409 g/mol. The molecule has 0 saturated carbocycles. The molecule has 3 aromatic rings. The lowest BCUT2D eigenvalue weighted by Gasteiger charge is -2.17. The van der Waals surface area contributed by atoms with Crippen LogP contribution in [0.1, 0.15) is 28.7 Å². The molecular formula is C20H23N7OS. The smallest absolute Gasteiger partial charge is 0.263 e. The summed E-state index contributed by atoms with van der Waals surface area (Å²) in [5, 5.41) is 7.08. The second kappa shape index (κ2) is 8.52. The van der Waals surface area contributed by atoms with E-state index in [4.69, 9.17) is 0 Å². The van der Waals surface area contributed by atoms with Crippen molar-refractivity contribution in [3.8, 4) is 11.3 Å². The van der Waals surface area contributed by atoms with Gasteiger partial charge in [-0.2, -0.15) is 0 Å².